The molecule has 0 radical (unpaired) electrons. The Hall–Kier alpha value is -4.76. The molecule has 1 amide bonds. The first kappa shape index (κ1) is 24.9. The van der Waals surface area contributed by atoms with Gasteiger partial charge in [0.25, 0.3) is 11.6 Å². The zero-order valence-corrected chi connectivity index (χ0v) is 20.9. The number of benzene rings is 3. The van der Waals surface area contributed by atoms with Crippen molar-refractivity contribution in [2.75, 3.05) is 31.2 Å². The Morgan fingerprint density at radius 1 is 1.00 bits per heavy atom. The summed E-state index contributed by atoms with van der Waals surface area (Å²) in [6.07, 6.45) is 1.44. The second-order valence-electron chi connectivity index (χ2n) is 8.91. The van der Waals surface area contributed by atoms with E-state index in [1.165, 1.54) is 18.3 Å². The summed E-state index contributed by atoms with van der Waals surface area (Å²) in [6, 6.07) is 26.2. The highest BCUT2D eigenvalue weighted by atomic mass is 16.6. The van der Waals surface area contributed by atoms with Gasteiger partial charge in [-0.15, -0.1) is 0 Å². The van der Waals surface area contributed by atoms with E-state index in [1.54, 1.807) is 18.2 Å². The van der Waals surface area contributed by atoms with Crippen molar-refractivity contribution in [3.8, 4) is 16.9 Å². The molecule has 1 saturated heterocycles. The molecule has 0 saturated carbocycles. The summed E-state index contributed by atoms with van der Waals surface area (Å²) in [5.74, 6) is -0.376. The molecule has 5 rings (SSSR count). The SMILES string of the molecule is Cc1ccc(-c2ccccc2)n1-c1ccc(C(=O)N/N=C\c2cc([N+](=O)[O-])ccc2N2CCOCC2)cc1. The summed E-state index contributed by atoms with van der Waals surface area (Å²) in [6.45, 7) is 4.54. The first-order chi connectivity index (χ1) is 18.5. The molecule has 3 aromatic carbocycles. The average molecular weight is 510 g/mol. The summed E-state index contributed by atoms with van der Waals surface area (Å²) >= 11 is 0. The topological polar surface area (TPSA) is 102 Å². The number of anilines is 1. The predicted octanol–water partition coefficient (Wildman–Crippen LogP) is 4.96. The van der Waals surface area contributed by atoms with E-state index < -0.39 is 4.92 Å². The highest BCUT2D eigenvalue weighted by Crippen LogP contribution is 2.27. The number of nitrogens with one attached hydrogen (secondary N) is 1. The van der Waals surface area contributed by atoms with Crippen LogP contribution >= 0.6 is 0 Å². The molecule has 9 nitrogen and oxygen atoms in total. The molecule has 1 fully saturated rings. The Morgan fingerprint density at radius 3 is 2.45 bits per heavy atom. The van der Waals surface area contributed by atoms with Gasteiger partial charge in [-0.25, -0.2) is 5.43 Å². The molecule has 192 valence electrons. The maximum atomic E-state index is 12.8. The monoisotopic (exact) mass is 509 g/mol. The van der Waals surface area contributed by atoms with Crippen LogP contribution in [0.4, 0.5) is 11.4 Å². The third kappa shape index (κ3) is 5.33. The van der Waals surface area contributed by atoms with Gasteiger partial charge in [0.1, 0.15) is 0 Å². The predicted molar refractivity (Wildman–Crippen MR) is 147 cm³/mol. The Kier molecular flexibility index (Phi) is 7.28. The Morgan fingerprint density at radius 2 is 1.74 bits per heavy atom. The molecule has 2 heterocycles. The zero-order valence-electron chi connectivity index (χ0n) is 20.9. The molecule has 0 unspecified atom stereocenters. The van der Waals surface area contributed by atoms with Gasteiger partial charge in [-0.1, -0.05) is 30.3 Å². The number of rotatable bonds is 7. The van der Waals surface area contributed by atoms with Crippen molar-refractivity contribution in [2.45, 2.75) is 6.92 Å². The van der Waals surface area contributed by atoms with Gasteiger partial charge < -0.3 is 14.2 Å². The lowest BCUT2D eigenvalue weighted by atomic mass is 10.1. The Bertz CT molecular complexity index is 1470. The molecule has 38 heavy (non-hydrogen) atoms. The van der Waals surface area contributed by atoms with Gasteiger partial charge >= 0.3 is 0 Å². The van der Waals surface area contributed by atoms with Crippen LogP contribution in [0.1, 0.15) is 21.6 Å². The van der Waals surface area contributed by atoms with Crippen LogP contribution in [-0.2, 0) is 4.74 Å². The summed E-state index contributed by atoms with van der Waals surface area (Å²) in [4.78, 5) is 25.7. The van der Waals surface area contributed by atoms with Crippen molar-refractivity contribution in [1.82, 2.24) is 9.99 Å². The second-order valence-corrected chi connectivity index (χ2v) is 8.91. The molecule has 0 aliphatic carbocycles. The molecular formula is C29H27N5O4. The number of nitrogens with zero attached hydrogens (tertiary/aromatic N) is 4. The van der Waals surface area contributed by atoms with Crippen LogP contribution in [0.2, 0.25) is 0 Å². The molecular weight excluding hydrogens is 482 g/mol. The minimum atomic E-state index is -0.448. The van der Waals surface area contributed by atoms with Crippen molar-refractivity contribution < 1.29 is 14.5 Å². The first-order valence-corrected chi connectivity index (χ1v) is 12.3. The molecule has 0 spiro atoms. The van der Waals surface area contributed by atoms with Gasteiger partial charge in [0, 0.05) is 53.4 Å². The number of hydrogen-bond acceptors (Lipinski definition) is 6. The van der Waals surface area contributed by atoms with Gasteiger partial charge in [-0.05, 0) is 55.0 Å². The van der Waals surface area contributed by atoms with Gasteiger partial charge in [-0.2, -0.15) is 5.10 Å². The normalized spacial score (nSPS) is 13.6. The summed E-state index contributed by atoms with van der Waals surface area (Å²) in [5, 5.41) is 15.4. The number of aryl methyl sites for hydroxylation is 1. The maximum absolute atomic E-state index is 12.8. The van der Waals surface area contributed by atoms with Crippen molar-refractivity contribution in [3.63, 3.8) is 0 Å². The lowest BCUT2D eigenvalue weighted by Crippen LogP contribution is -2.36. The van der Waals surface area contributed by atoms with Crippen LogP contribution in [0.15, 0.2) is 90.0 Å². The number of hydrogen-bond donors (Lipinski definition) is 1. The molecule has 0 bridgehead atoms. The van der Waals surface area contributed by atoms with Crippen molar-refractivity contribution in [2.24, 2.45) is 5.10 Å². The third-order valence-electron chi connectivity index (χ3n) is 6.48. The van der Waals surface area contributed by atoms with E-state index in [2.05, 4.69) is 44.3 Å². The summed E-state index contributed by atoms with van der Waals surface area (Å²) in [7, 11) is 0. The largest absolute Gasteiger partial charge is 0.378 e. The quantitative estimate of drug-likeness (QED) is 0.216. The number of ether oxygens (including phenoxy) is 1. The van der Waals surface area contributed by atoms with Crippen LogP contribution in [0.5, 0.6) is 0 Å². The Labute approximate surface area is 220 Å². The minimum absolute atomic E-state index is 0.0412. The number of carbonyl (C=O) groups excluding carboxylic acids is 1. The molecule has 1 N–H and O–H groups in total. The van der Waals surface area contributed by atoms with E-state index in [4.69, 9.17) is 4.74 Å². The fourth-order valence-electron chi connectivity index (χ4n) is 4.55. The number of non-ortho nitro benzene ring substituents is 1. The van der Waals surface area contributed by atoms with Crippen LogP contribution in [-0.4, -0.2) is 47.9 Å². The number of aromatic nitrogens is 1. The van der Waals surface area contributed by atoms with E-state index >= 15 is 0 Å². The smallest absolute Gasteiger partial charge is 0.271 e. The number of hydrazone groups is 1. The van der Waals surface area contributed by atoms with Crippen molar-refractivity contribution in [3.05, 3.63) is 112 Å². The average Bonchev–Trinajstić information content (AvgIpc) is 3.35. The number of nitro groups is 1. The fraction of sp³-hybridized carbons (Fsp3) is 0.172. The van der Waals surface area contributed by atoms with Crippen LogP contribution in [0, 0.1) is 17.0 Å². The van der Waals surface area contributed by atoms with Gasteiger partial charge in [0.15, 0.2) is 0 Å². The van der Waals surface area contributed by atoms with E-state index in [1.807, 2.05) is 37.3 Å². The maximum Gasteiger partial charge on any atom is 0.271 e. The molecule has 0 atom stereocenters. The number of carbonyl (C=O) groups is 1. The van der Waals surface area contributed by atoms with Crippen LogP contribution < -0.4 is 10.3 Å². The minimum Gasteiger partial charge on any atom is -0.378 e. The standard InChI is InChI=1S/C29H27N5O4/c1-21-7-13-28(22-5-3-2-4-6-22)33(21)25-10-8-23(9-11-25)29(35)31-30-20-24-19-26(34(36)37)12-14-27(24)32-15-17-38-18-16-32/h2-14,19-20H,15-18H2,1H3,(H,31,35)/b30-20-. The first-order valence-electron chi connectivity index (χ1n) is 12.3. The lowest BCUT2D eigenvalue weighted by molar-refractivity contribution is -0.384. The van der Waals surface area contributed by atoms with Crippen molar-refractivity contribution in [1.29, 1.82) is 0 Å². The highest BCUT2D eigenvalue weighted by molar-refractivity contribution is 5.96. The highest BCUT2D eigenvalue weighted by Gasteiger charge is 2.17. The molecule has 4 aromatic rings. The van der Waals surface area contributed by atoms with Crippen LogP contribution in [0.25, 0.3) is 16.9 Å². The van der Waals surface area contributed by atoms with E-state index in [-0.39, 0.29) is 11.6 Å². The van der Waals surface area contributed by atoms with E-state index in [0.29, 0.717) is 37.4 Å². The van der Waals surface area contributed by atoms with Gasteiger partial charge in [0.05, 0.1) is 30.0 Å². The summed E-state index contributed by atoms with van der Waals surface area (Å²) in [5.41, 5.74) is 8.50. The van der Waals surface area contributed by atoms with E-state index in [9.17, 15) is 14.9 Å². The number of amides is 1. The third-order valence-corrected chi connectivity index (χ3v) is 6.48. The molecule has 9 heteroatoms. The van der Waals surface area contributed by atoms with Crippen LogP contribution in [0.3, 0.4) is 0 Å². The molecule has 1 aromatic heterocycles. The number of nitro benzene ring substituents is 1. The lowest BCUT2D eigenvalue weighted by Gasteiger charge is -2.29. The zero-order chi connectivity index (χ0) is 26.5. The summed E-state index contributed by atoms with van der Waals surface area (Å²) < 4.78 is 7.55. The molecule has 1 aliphatic heterocycles. The second kappa shape index (κ2) is 11.1. The van der Waals surface area contributed by atoms with Gasteiger partial charge in [-0.3, -0.25) is 14.9 Å². The Balaban J connectivity index is 1.33. The van der Waals surface area contributed by atoms with Crippen molar-refractivity contribution >= 4 is 23.5 Å². The van der Waals surface area contributed by atoms with E-state index in [0.717, 1.165) is 28.3 Å². The fourth-order valence-corrected chi connectivity index (χ4v) is 4.55. The molecule has 1 aliphatic rings. The number of morpholine rings is 1. The van der Waals surface area contributed by atoms with Gasteiger partial charge in [0.2, 0.25) is 0 Å².